The summed E-state index contributed by atoms with van der Waals surface area (Å²) in [7, 11) is 0. The topological polar surface area (TPSA) is 49.8 Å². The van der Waals surface area contributed by atoms with Crippen molar-refractivity contribution in [3.05, 3.63) is 35.4 Å². The van der Waals surface area contributed by atoms with E-state index in [1.165, 1.54) is 0 Å². The molecule has 1 heterocycles. The first-order chi connectivity index (χ1) is 9.70. The third-order valence-electron chi connectivity index (χ3n) is 3.78. The number of Topliss-reactive ketones (excluding diaryl/α,β-unsaturated/α-hetero) is 1. The molecule has 1 aliphatic rings. The minimum absolute atomic E-state index is 0.100. The van der Waals surface area contributed by atoms with Crippen LogP contribution in [0.25, 0.3) is 0 Å². The van der Waals surface area contributed by atoms with E-state index in [0.29, 0.717) is 19.6 Å². The van der Waals surface area contributed by atoms with Crippen molar-refractivity contribution in [2.24, 2.45) is 0 Å². The third-order valence-corrected chi connectivity index (χ3v) is 3.78. The van der Waals surface area contributed by atoms with Crippen molar-refractivity contribution in [2.45, 2.75) is 25.9 Å². The zero-order valence-corrected chi connectivity index (χ0v) is 12.0. The van der Waals surface area contributed by atoms with Gasteiger partial charge >= 0.3 is 0 Å². The molecular formula is C16H23NO3. The monoisotopic (exact) mass is 277 g/mol. The van der Waals surface area contributed by atoms with Crippen LogP contribution in [0.2, 0.25) is 0 Å². The molecule has 1 atom stereocenters. The third kappa shape index (κ3) is 4.13. The largest absolute Gasteiger partial charge is 0.395 e. The number of ether oxygens (including phenoxy) is 1. The molecule has 1 N–H and O–H groups in total. The molecule has 1 saturated heterocycles. The number of aliphatic hydroxyl groups excluding tert-OH is 1. The van der Waals surface area contributed by atoms with Gasteiger partial charge in [-0.15, -0.1) is 0 Å². The van der Waals surface area contributed by atoms with E-state index in [1.54, 1.807) is 0 Å². The smallest absolute Gasteiger partial charge is 0.163 e. The fourth-order valence-electron chi connectivity index (χ4n) is 2.61. The van der Waals surface area contributed by atoms with Gasteiger partial charge in [-0.05, 0) is 18.9 Å². The number of carbonyl (C=O) groups excluding carboxylic acids is 1. The number of aryl methyl sites for hydroxylation is 1. The Hall–Kier alpha value is -1.23. The number of aliphatic hydroxyl groups is 1. The van der Waals surface area contributed by atoms with Crippen molar-refractivity contribution < 1.29 is 14.6 Å². The van der Waals surface area contributed by atoms with Gasteiger partial charge in [0, 0.05) is 31.6 Å². The maximum Gasteiger partial charge on any atom is 0.163 e. The molecule has 110 valence electrons. The first-order valence-electron chi connectivity index (χ1n) is 7.24. The number of benzene rings is 1. The molecule has 0 saturated carbocycles. The summed E-state index contributed by atoms with van der Waals surface area (Å²) >= 11 is 0. The number of nitrogens with zero attached hydrogens (tertiary/aromatic N) is 1. The van der Waals surface area contributed by atoms with E-state index in [4.69, 9.17) is 9.84 Å². The van der Waals surface area contributed by atoms with Gasteiger partial charge in [0.15, 0.2) is 5.78 Å². The Bertz CT molecular complexity index is 445. The molecule has 0 spiro atoms. The van der Waals surface area contributed by atoms with Crippen LogP contribution in [0.3, 0.4) is 0 Å². The van der Waals surface area contributed by atoms with Gasteiger partial charge in [-0.1, -0.05) is 24.3 Å². The predicted molar refractivity (Wildman–Crippen MR) is 78.0 cm³/mol. The number of ketones is 1. The van der Waals surface area contributed by atoms with Gasteiger partial charge in [-0.3, -0.25) is 9.69 Å². The lowest BCUT2D eigenvalue weighted by Crippen LogP contribution is -2.43. The molecule has 0 radical (unpaired) electrons. The van der Waals surface area contributed by atoms with Gasteiger partial charge in [0.05, 0.1) is 19.3 Å². The number of hydrogen-bond acceptors (Lipinski definition) is 4. The maximum atomic E-state index is 12.2. The number of rotatable bonds is 6. The highest BCUT2D eigenvalue weighted by Gasteiger charge is 2.21. The summed E-state index contributed by atoms with van der Waals surface area (Å²) in [5.41, 5.74) is 1.85. The Labute approximate surface area is 120 Å². The average molecular weight is 277 g/mol. The fraction of sp³-hybridized carbons (Fsp3) is 0.562. The average Bonchev–Trinajstić information content (AvgIpc) is 2.46. The Morgan fingerprint density at radius 3 is 3.00 bits per heavy atom. The molecule has 1 aromatic rings. The number of morpholine rings is 1. The summed E-state index contributed by atoms with van der Waals surface area (Å²) < 4.78 is 5.70. The normalized spacial score (nSPS) is 20.0. The molecule has 4 heteroatoms. The van der Waals surface area contributed by atoms with E-state index >= 15 is 0 Å². The van der Waals surface area contributed by atoms with Crippen LogP contribution in [0.4, 0.5) is 0 Å². The number of carbonyl (C=O) groups is 1. The molecule has 0 bridgehead atoms. The summed E-state index contributed by atoms with van der Waals surface area (Å²) in [5, 5.41) is 8.97. The first-order valence-corrected chi connectivity index (χ1v) is 7.24. The van der Waals surface area contributed by atoms with Crippen molar-refractivity contribution in [3.8, 4) is 0 Å². The minimum atomic E-state index is 0.100. The molecule has 20 heavy (non-hydrogen) atoms. The first kappa shape index (κ1) is 15.2. The Morgan fingerprint density at radius 2 is 2.25 bits per heavy atom. The van der Waals surface area contributed by atoms with Gasteiger partial charge in [0.25, 0.3) is 0 Å². The standard InChI is InChI=1S/C16H23NO3/c1-13-4-2-3-5-15(13)16(19)7-6-14-12-17(8-10-18)9-11-20-14/h2-5,14,18H,6-12H2,1H3. The van der Waals surface area contributed by atoms with Gasteiger partial charge in [-0.25, -0.2) is 0 Å². The Balaban J connectivity index is 1.83. The summed E-state index contributed by atoms with van der Waals surface area (Å²) in [4.78, 5) is 14.4. The molecule has 1 aliphatic heterocycles. The summed E-state index contributed by atoms with van der Waals surface area (Å²) in [5.74, 6) is 0.186. The lowest BCUT2D eigenvalue weighted by atomic mass is 10.00. The lowest BCUT2D eigenvalue weighted by molar-refractivity contribution is -0.0355. The SMILES string of the molecule is Cc1ccccc1C(=O)CCC1CN(CCO)CCO1. The zero-order chi connectivity index (χ0) is 14.4. The summed E-state index contributed by atoms with van der Waals surface area (Å²) in [6, 6.07) is 7.70. The van der Waals surface area contributed by atoms with Crippen molar-refractivity contribution in [3.63, 3.8) is 0 Å². The van der Waals surface area contributed by atoms with E-state index in [1.807, 2.05) is 31.2 Å². The zero-order valence-electron chi connectivity index (χ0n) is 12.0. The van der Waals surface area contributed by atoms with Crippen molar-refractivity contribution in [1.29, 1.82) is 0 Å². The van der Waals surface area contributed by atoms with Crippen LogP contribution in [0.15, 0.2) is 24.3 Å². The van der Waals surface area contributed by atoms with Crippen LogP contribution >= 0.6 is 0 Å². The lowest BCUT2D eigenvalue weighted by Gasteiger charge is -2.32. The van der Waals surface area contributed by atoms with E-state index in [-0.39, 0.29) is 18.5 Å². The van der Waals surface area contributed by atoms with Crippen molar-refractivity contribution in [1.82, 2.24) is 4.90 Å². The van der Waals surface area contributed by atoms with Gasteiger partial charge in [-0.2, -0.15) is 0 Å². The molecule has 0 aliphatic carbocycles. The quantitative estimate of drug-likeness (QED) is 0.803. The van der Waals surface area contributed by atoms with Crippen LogP contribution < -0.4 is 0 Å². The van der Waals surface area contributed by atoms with E-state index in [0.717, 1.165) is 30.6 Å². The second kappa shape index (κ2) is 7.53. The highest BCUT2D eigenvalue weighted by atomic mass is 16.5. The maximum absolute atomic E-state index is 12.2. The van der Waals surface area contributed by atoms with E-state index in [2.05, 4.69) is 4.90 Å². The molecule has 1 fully saturated rings. The van der Waals surface area contributed by atoms with Gasteiger partial charge in [0.2, 0.25) is 0 Å². The molecular weight excluding hydrogens is 254 g/mol. The molecule has 1 unspecified atom stereocenters. The van der Waals surface area contributed by atoms with E-state index < -0.39 is 0 Å². The highest BCUT2D eigenvalue weighted by molar-refractivity contribution is 5.97. The molecule has 1 aromatic carbocycles. The number of hydrogen-bond donors (Lipinski definition) is 1. The Morgan fingerprint density at radius 1 is 1.45 bits per heavy atom. The second-order valence-electron chi connectivity index (χ2n) is 5.29. The summed E-state index contributed by atoms with van der Waals surface area (Å²) in [6.07, 6.45) is 1.36. The fourth-order valence-corrected chi connectivity index (χ4v) is 2.61. The highest BCUT2D eigenvalue weighted by Crippen LogP contribution is 2.15. The summed E-state index contributed by atoms with van der Waals surface area (Å²) in [6.45, 7) is 5.18. The van der Waals surface area contributed by atoms with Crippen LogP contribution in [-0.2, 0) is 4.74 Å². The minimum Gasteiger partial charge on any atom is -0.395 e. The molecule has 2 rings (SSSR count). The van der Waals surface area contributed by atoms with Crippen LogP contribution in [0.1, 0.15) is 28.8 Å². The van der Waals surface area contributed by atoms with Crippen LogP contribution in [-0.4, -0.2) is 54.7 Å². The molecule has 4 nitrogen and oxygen atoms in total. The second-order valence-corrected chi connectivity index (χ2v) is 5.29. The van der Waals surface area contributed by atoms with Crippen LogP contribution in [0.5, 0.6) is 0 Å². The van der Waals surface area contributed by atoms with Crippen molar-refractivity contribution in [2.75, 3.05) is 32.8 Å². The molecule has 0 aromatic heterocycles. The Kier molecular flexibility index (Phi) is 5.71. The van der Waals surface area contributed by atoms with E-state index in [9.17, 15) is 4.79 Å². The molecule has 0 amide bonds. The number of β-amino-alcohol motifs (C(OH)–C–C–N with tert-alkyl or cyclic N) is 1. The van der Waals surface area contributed by atoms with Gasteiger partial charge < -0.3 is 9.84 Å². The predicted octanol–water partition coefficient (Wildman–Crippen LogP) is 1.65. The van der Waals surface area contributed by atoms with Gasteiger partial charge in [0.1, 0.15) is 0 Å². The van der Waals surface area contributed by atoms with Crippen molar-refractivity contribution >= 4 is 5.78 Å². The van der Waals surface area contributed by atoms with Crippen LogP contribution in [0, 0.1) is 6.92 Å².